The van der Waals surface area contributed by atoms with Crippen LogP contribution in [0.5, 0.6) is 0 Å². The summed E-state index contributed by atoms with van der Waals surface area (Å²) < 4.78 is 37.4. The Labute approximate surface area is 116 Å². The number of benzene rings is 1. The van der Waals surface area contributed by atoms with Gasteiger partial charge in [-0.05, 0) is 37.1 Å². The molecule has 0 spiro atoms. The lowest BCUT2D eigenvalue weighted by atomic mass is 10.3. The van der Waals surface area contributed by atoms with Crippen molar-refractivity contribution in [3.63, 3.8) is 0 Å². The van der Waals surface area contributed by atoms with Crippen LogP contribution in [0.15, 0.2) is 29.2 Å². The van der Waals surface area contributed by atoms with Crippen LogP contribution >= 0.6 is 0 Å². The van der Waals surface area contributed by atoms with Crippen molar-refractivity contribution in [1.29, 1.82) is 0 Å². The van der Waals surface area contributed by atoms with E-state index in [4.69, 9.17) is 0 Å². The lowest BCUT2D eigenvalue weighted by Gasteiger charge is -2.08. The molecule has 1 fully saturated rings. The molecule has 7 heteroatoms. The van der Waals surface area contributed by atoms with Crippen molar-refractivity contribution in [1.82, 2.24) is 4.72 Å². The van der Waals surface area contributed by atoms with Crippen molar-refractivity contribution in [3.05, 3.63) is 24.3 Å². The second kappa shape index (κ2) is 6.02. The van der Waals surface area contributed by atoms with Gasteiger partial charge in [0.1, 0.15) is 0 Å². The molecule has 2 N–H and O–H groups in total. The van der Waals surface area contributed by atoms with Gasteiger partial charge in [-0.15, -0.1) is 0 Å². The maximum atomic E-state index is 11.9. The van der Waals surface area contributed by atoms with E-state index in [0.717, 1.165) is 18.5 Å². The fourth-order valence-electron chi connectivity index (χ4n) is 1.58. The van der Waals surface area contributed by atoms with Crippen molar-refractivity contribution in [2.24, 2.45) is 0 Å². The maximum Gasteiger partial charge on any atom is 0.240 e. The van der Waals surface area contributed by atoms with E-state index in [-0.39, 0.29) is 10.9 Å². The second-order valence-electron chi connectivity index (χ2n) is 4.62. The van der Waals surface area contributed by atoms with E-state index in [2.05, 4.69) is 10.0 Å². The van der Waals surface area contributed by atoms with Gasteiger partial charge in [0.25, 0.3) is 0 Å². The molecule has 0 aromatic heterocycles. The van der Waals surface area contributed by atoms with Crippen LogP contribution in [0.3, 0.4) is 0 Å². The molecule has 0 amide bonds. The summed E-state index contributed by atoms with van der Waals surface area (Å²) in [6, 6.07) is 6.72. The Balaban J connectivity index is 1.95. The average Bonchev–Trinajstić information content (AvgIpc) is 3.12. The van der Waals surface area contributed by atoms with Gasteiger partial charge in [-0.3, -0.25) is 4.21 Å². The highest BCUT2D eigenvalue weighted by Crippen LogP contribution is 2.22. The van der Waals surface area contributed by atoms with E-state index in [9.17, 15) is 12.6 Å². The van der Waals surface area contributed by atoms with Crippen LogP contribution in [-0.2, 0) is 20.8 Å². The first-order chi connectivity index (χ1) is 8.97. The van der Waals surface area contributed by atoms with Gasteiger partial charge in [0.2, 0.25) is 10.0 Å². The van der Waals surface area contributed by atoms with E-state index >= 15 is 0 Å². The highest BCUT2D eigenvalue weighted by atomic mass is 32.2. The van der Waals surface area contributed by atoms with E-state index in [1.54, 1.807) is 30.5 Å². The van der Waals surface area contributed by atoms with Crippen LogP contribution in [-0.4, -0.2) is 37.2 Å². The van der Waals surface area contributed by atoms with Gasteiger partial charge in [0.05, 0.1) is 4.90 Å². The van der Waals surface area contributed by atoms with Gasteiger partial charge in [0.15, 0.2) is 0 Å². The largest absolute Gasteiger partial charge is 0.384 e. The molecule has 1 aromatic rings. The smallest absolute Gasteiger partial charge is 0.240 e. The summed E-state index contributed by atoms with van der Waals surface area (Å²) in [6.45, 7) is 0.607. The Morgan fingerprint density at radius 3 is 2.42 bits per heavy atom. The van der Waals surface area contributed by atoms with Crippen LogP contribution in [0.2, 0.25) is 0 Å². The van der Waals surface area contributed by atoms with Gasteiger partial charge in [0, 0.05) is 41.1 Å². The van der Waals surface area contributed by atoms with Crippen LogP contribution in [0, 0.1) is 0 Å². The zero-order chi connectivity index (χ0) is 13.9. The second-order valence-corrected chi connectivity index (χ2v) is 7.89. The van der Waals surface area contributed by atoms with Crippen molar-refractivity contribution >= 4 is 26.5 Å². The van der Waals surface area contributed by atoms with E-state index in [1.165, 1.54) is 0 Å². The third kappa shape index (κ3) is 4.59. The number of rotatable bonds is 7. The molecule has 1 aromatic carbocycles. The van der Waals surface area contributed by atoms with Crippen LogP contribution < -0.4 is 10.0 Å². The monoisotopic (exact) mass is 302 g/mol. The molecule has 1 atom stereocenters. The Morgan fingerprint density at radius 1 is 1.26 bits per heavy atom. The van der Waals surface area contributed by atoms with Gasteiger partial charge >= 0.3 is 0 Å². The molecule has 0 bridgehead atoms. The zero-order valence-electron chi connectivity index (χ0n) is 10.8. The summed E-state index contributed by atoms with van der Waals surface area (Å²) in [4.78, 5) is 0.281. The quantitative estimate of drug-likeness (QED) is 0.785. The molecule has 1 aliphatic carbocycles. The molecular weight excluding hydrogens is 284 g/mol. The highest BCUT2D eigenvalue weighted by Gasteiger charge is 2.27. The van der Waals surface area contributed by atoms with Crippen LogP contribution in [0.1, 0.15) is 12.8 Å². The summed E-state index contributed by atoms with van der Waals surface area (Å²) >= 11 is 0. The molecule has 0 heterocycles. The molecule has 1 saturated carbocycles. The lowest BCUT2D eigenvalue weighted by Crippen LogP contribution is -2.25. The summed E-state index contributed by atoms with van der Waals surface area (Å²) in [5, 5.41) is 3.10. The molecular formula is C12H18N2O3S2. The minimum Gasteiger partial charge on any atom is -0.384 e. The Bertz CT molecular complexity index is 551. The fourth-order valence-corrected chi connectivity index (χ4v) is 3.27. The van der Waals surface area contributed by atoms with Crippen molar-refractivity contribution in [2.45, 2.75) is 23.8 Å². The zero-order valence-corrected chi connectivity index (χ0v) is 12.4. The lowest BCUT2D eigenvalue weighted by molar-refractivity contribution is 0.581. The summed E-state index contributed by atoms with van der Waals surface area (Å²) in [7, 11) is -4.20. The molecule has 106 valence electrons. The molecule has 5 nitrogen and oxygen atoms in total. The predicted molar refractivity (Wildman–Crippen MR) is 77.2 cm³/mol. The van der Waals surface area contributed by atoms with Crippen LogP contribution in [0.25, 0.3) is 0 Å². The number of hydrogen-bond acceptors (Lipinski definition) is 4. The molecule has 0 radical (unpaired) electrons. The number of nitrogens with one attached hydrogen (secondary N) is 2. The summed E-state index contributed by atoms with van der Waals surface area (Å²) in [5.41, 5.74) is 0.829. The first-order valence-corrected chi connectivity index (χ1v) is 9.35. The highest BCUT2D eigenvalue weighted by molar-refractivity contribution is 7.89. The SMILES string of the molecule is CS(=O)CCNc1ccc(S(=O)(=O)NC2CC2)cc1. The topological polar surface area (TPSA) is 75.3 Å². The normalized spacial score (nSPS) is 17.1. The minimum absolute atomic E-state index is 0.113. The van der Waals surface area contributed by atoms with Crippen LogP contribution in [0.4, 0.5) is 5.69 Å². The van der Waals surface area contributed by atoms with Gasteiger partial charge in [-0.2, -0.15) is 0 Å². The molecule has 0 saturated heterocycles. The minimum atomic E-state index is -3.37. The van der Waals surface area contributed by atoms with Gasteiger partial charge < -0.3 is 5.32 Å². The maximum absolute atomic E-state index is 11.9. The Hall–Kier alpha value is -0.920. The predicted octanol–water partition coefficient (Wildman–Crippen LogP) is 0.918. The first kappa shape index (κ1) is 14.5. The molecule has 1 unspecified atom stereocenters. The third-order valence-corrected chi connectivity index (χ3v) is 5.10. The van der Waals surface area contributed by atoms with Crippen molar-refractivity contribution in [2.75, 3.05) is 23.9 Å². The summed E-state index contributed by atoms with van der Waals surface area (Å²) in [5.74, 6) is 0.573. The third-order valence-electron chi connectivity index (χ3n) is 2.78. The van der Waals surface area contributed by atoms with E-state index in [1.807, 2.05) is 0 Å². The molecule has 0 aliphatic heterocycles. The standard InChI is InChI=1S/C12H18N2O3S2/c1-18(15)9-8-13-10-4-6-12(7-5-10)19(16,17)14-11-2-3-11/h4-7,11,13-14H,2-3,8-9H2,1H3. The number of anilines is 1. The van der Waals surface area contributed by atoms with E-state index < -0.39 is 20.8 Å². The molecule has 1 aliphatic rings. The Kier molecular flexibility index (Phi) is 4.59. The van der Waals surface area contributed by atoms with Gasteiger partial charge in [-0.25, -0.2) is 13.1 Å². The van der Waals surface area contributed by atoms with Gasteiger partial charge in [-0.1, -0.05) is 0 Å². The van der Waals surface area contributed by atoms with Crippen molar-refractivity contribution in [3.8, 4) is 0 Å². The fraction of sp³-hybridized carbons (Fsp3) is 0.500. The Morgan fingerprint density at radius 2 is 1.89 bits per heavy atom. The first-order valence-electron chi connectivity index (χ1n) is 6.14. The molecule has 2 rings (SSSR count). The van der Waals surface area contributed by atoms with Crippen molar-refractivity contribution < 1.29 is 12.6 Å². The number of sulfonamides is 1. The van der Waals surface area contributed by atoms with E-state index in [0.29, 0.717) is 12.3 Å². The molecule has 19 heavy (non-hydrogen) atoms. The summed E-state index contributed by atoms with van der Waals surface area (Å²) in [6.07, 6.45) is 3.50. The average molecular weight is 302 g/mol. The number of hydrogen-bond donors (Lipinski definition) is 2.